The minimum atomic E-state index is -1.26. The summed E-state index contributed by atoms with van der Waals surface area (Å²) in [5.41, 5.74) is 6.47. The lowest BCUT2D eigenvalue weighted by Gasteiger charge is -2.50. The van der Waals surface area contributed by atoms with E-state index in [2.05, 4.69) is 43.5 Å². The fourth-order valence-corrected chi connectivity index (χ4v) is 6.81. The molecule has 9 nitrogen and oxygen atoms in total. The van der Waals surface area contributed by atoms with Crippen LogP contribution in [0.2, 0.25) is 0 Å². The molecule has 1 unspecified atom stereocenters. The van der Waals surface area contributed by atoms with Gasteiger partial charge in [-0.25, -0.2) is 14.6 Å². The summed E-state index contributed by atoms with van der Waals surface area (Å²) < 4.78 is 11.0. The molecular weight excluding hydrogens is 572 g/mol. The number of carbonyl (C=O) groups excluding carboxylic acids is 2. The number of imidazole rings is 1. The molecule has 2 aliphatic carbocycles. The average molecular weight is 612 g/mol. The van der Waals surface area contributed by atoms with Crippen LogP contribution in [0.1, 0.15) is 84.4 Å². The summed E-state index contributed by atoms with van der Waals surface area (Å²) in [4.78, 5) is 29.6. The van der Waals surface area contributed by atoms with E-state index in [1.54, 1.807) is 6.20 Å². The number of aromatic nitrogens is 4. The largest absolute Gasteiger partial charge is 0.435 e. The van der Waals surface area contributed by atoms with Crippen LogP contribution < -0.4 is 11.1 Å². The number of nitrogens with two attached hydrogens (primary N) is 1. The van der Waals surface area contributed by atoms with Crippen molar-refractivity contribution in [3.05, 3.63) is 52.8 Å². The van der Waals surface area contributed by atoms with Gasteiger partial charge in [0.15, 0.2) is 5.60 Å². The van der Waals surface area contributed by atoms with Crippen LogP contribution in [0.5, 0.6) is 0 Å². The Morgan fingerprint density at radius 3 is 2.52 bits per heavy atom. The Bertz CT molecular complexity index is 1420. The molecule has 0 radical (unpaired) electrons. The number of fused-ring (bicyclic) bond motifs is 1. The zero-order chi connectivity index (χ0) is 28.7. The number of rotatable bonds is 9. The summed E-state index contributed by atoms with van der Waals surface area (Å²) >= 11 is 3.58. The van der Waals surface area contributed by atoms with E-state index in [9.17, 15) is 9.59 Å². The van der Waals surface area contributed by atoms with Gasteiger partial charge in [-0.1, -0.05) is 53.4 Å². The van der Waals surface area contributed by atoms with Crippen molar-refractivity contribution in [2.75, 3.05) is 5.32 Å². The highest BCUT2D eigenvalue weighted by Crippen LogP contribution is 2.50. The van der Waals surface area contributed by atoms with Crippen molar-refractivity contribution < 1.29 is 14.3 Å². The number of ether oxygens (including phenoxy) is 1. The van der Waals surface area contributed by atoms with Crippen molar-refractivity contribution in [3.8, 4) is 0 Å². The van der Waals surface area contributed by atoms with Gasteiger partial charge >= 0.3 is 6.09 Å². The third kappa shape index (κ3) is 5.56. The Kier molecular flexibility index (Phi) is 7.86. The van der Waals surface area contributed by atoms with Gasteiger partial charge in [0.2, 0.25) is 0 Å². The molecule has 2 atom stereocenters. The molecule has 0 saturated heterocycles. The minimum Gasteiger partial charge on any atom is -0.435 e. The lowest BCUT2D eigenvalue weighted by molar-refractivity contribution is -0.0888. The van der Waals surface area contributed by atoms with E-state index in [0.29, 0.717) is 17.5 Å². The van der Waals surface area contributed by atoms with E-state index in [0.717, 1.165) is 47.9 Å². The second-order valence-corrected chi connectivity index (χ2v) is 13.5. The number of hydrogen-bond acceptors (Lipinski definition) is 6. The first kappa shape index (κ1) is 28.4. The standard InChI is InChI=1S/C30H39BrN6O3/c1-19-5-9-21(10-6-19)30(29(2,3)4,40-28(32)39)26(18-38)35-23-14-34-37(17-23)24(13-20-7-8-20)25-15-33-27-12-11-22(31)16-36(25)27/h11-12,14-17,19-21,24,35H,5-10,13H2,1-4H3,(H2,32,39)/t19-,21-,24?,30-/m1/s1. The Hall–Kier alpha value is -3.10. The maximum Gasteiger partial charge on any atom is 0.405 e. The molecule has 2 fully saturated rings. The van der Waals surface area contributed by atoms with Crippen LogP contribution in [-0.2, 0) is 9.53 Å². The molecule has 2 saturated carbocycles. The number of pyridine rings is 1. The zero-order valence-corrected chi connectivity index (χ0v) is 25.3. The predicted molar refractivity (Wildman–Crippen MR) is 157 cm³/mol. The molecular formula is C30H39BrN6O3. The van der Waals surface area contributed by atoms with Crippen molar-refractivity contribution >= 4 is 39.3 Å². The highest BCUT2D eigenvalue weighted by Gasteiger charge is 2.56. The van der Waals surface area contributed by atoms with E-state index in [1.165, 1.54) is 12.8 Å². The maximum absolute atomic E-state index is 12.7. The second-order valence-electron chi connectivity index (χ2n) is 12.6. The predicted octanol–water partition coefficient (Wildman–Crippen LogP) is 6.52. The Labute approximate surface area is 243 Å². The normalized spacial score (nSPS) is 21.8. The molecule has 0 bridgehead atoms. The second kappa shape index (κ2) is 11.1. The molecule has 2 aliphatic rings. The van der Waals surface area contributed by atoms with E-state index in [4.69, 9.17) is 15.6 Å². The van der Waals surface area contributed by atoms with Crippen LogP contribution >= 0.6 is 15.9 Å². The Morgan fingerprint density at radius 2 is 1.90 bits per heavy atom. The van der Waals surface area contributed by atoms with Gasteiger partial charge in [-0.3, -0.25) is 4.68 Å². The third-order valence-electron chi connectivity index (χ3n) is 8.72. The summed E-state index contributed by atoms with van der Waals surface area (Å²) in [5, 5.41) is 8.00. The molecule has 3 heterocycles. The molecule has 10 heteroatoms. The molecule has 5 rings (SSSR count). The topological polar surface area (TPSA) is 117 Å². The van der Waals surface area contributed by atoms with Crippen LogP contribution in [0, 0.1) is 23.2 Å². The first-order valence-corrected chi connectivity index (χ1v) is 15.0. The van der Waals surface area contributed by atoms with Gasteiger partial charge in [0.1, 0.15) is 17.3 Å². The average Bonchev–Trinajstić information content (AvgIpc) is 3.44. The van der Waals surface area contributed by atoms with Crippen molar-refractivity contribution in [1.82, 2.24) is 19.2 Å². The quantitative estimate of drug-likeness (QED) is 0.266. The smallest absolute Gasteiger partial charge is 0.405 e. The molecule has 3 N–H and O–H groups in total. The fourth-order valence-electron chi connectivity index (χ4n) is 6.47. The lowest BCUT2D eigenvalue weighted by Crippen LogP contribution is -2.57. The van der Waals surface area contributed by atoms with Gasteiger partial charge in [-0.15, -0.1) is 0 Å². The SMILES string of the molecule is CC(C)(C)[C@](OC(N)=O)(C(=C=O)Nc1cnn(C(CC2CC2)c2cnc3ccc(Br)cn23)c1)[C@H]1CC[C@H](C)CC1. The van der Waals surface area contributed by atoms with Crippen LogP contribution in [0.3, 0.4) is 0 Å². The van der Waals surface area contributed by atoms with Gasteiger partial charge in [0.25, 0.3) is 0 Å². The van der Waals surface area contributed by atoms with Gasteiger partial charge in [0.05, 0.1) is 29.8 Å². The summed E-state index contributed by atoms with van der Waals surface area (Å²) in [5.74, 6) is 3.27. The first-order valence-electron chi connectivity index (χ1n) is 14.2. The van der Waals surface area contributed by atoms with Gasteiger partial charge in [0, 0.05) is 28.2 Å². The molecule has 3 aromatic rings. The van der Waals surface area contributed by atoms with E-state index in [1.807, 2.05) is 56.2 Å². The van der Waals surface area contributed by atoms with E-state index < -0.39 is 17.1 Å². The van der Waals surface area contributed by atoms with Crippen molar-refractivity contribution in [1.29, 1.82) is 0 Å². The van der Waals surface area contributed by atoms with Gasteiger partial charge < -0.3 is 20.2 Å². The number of hydrogen-bond donors (Lipinski definition) is 2. The maximum atomic E-state index is 12.7. The van der Waals surface area contributed by atoms with E-state index in [-0.39, 0.29) is 17.7 Å². The summed E-state index contributed by atoms with van der Waals surface area (Å²) in [7, 11) is 0. The number of anilines is 1. The zero-order valence-electron chi connectivity index (χ0n) is 23.7. The summed E-state index contributed by atoms with van der Waals surface area (Å²) in [6.45, 7) is 8.16. The Balaban J connectivity index is 1.49. The summed E-state index contributed by atoms with van der Waals surface area (Å²) in [6.07, 6.45) is 13.6. The summed E-state index contributed by atoms with van der Waals surface area (Å²) in [6, 6.07) is 3.93. The molecule has 3 aromatic heterocycles. The molecule has 0 aliphatic heterocycles. The first-order chi connectivity index (χ1) is 19.0. The van der Waals surface area contributed by atoms with Gasteiger partial charge in [-0.05, 0) is 59.2 Å². The monoisotopic (exact) mass is 610 g/mol. The number of amides is 1. The number of carbonyl (C=O) groups is 1. The minimum absolute atomic E-state index is 0.0370. The fraction of sp³-hybridized carbons (Fsp3) is 0.567. The molecule has 40 heavy (non-hydrogen) atoms. The van der Waals surface area contributed by atoms with Crippen LogP contribution in [0.4, 0.5) is 10.5 Å². The van der Waals surface area contributed by atoms with Crippen molar-refractivity contribution in [2.24, 2.45) is 28.9 Å². The molecule has 1 amide bonds. The van der Waals surface area contributed by atoms with E-state index >= 15 is 0 Å². The highest BCUT2D eigenvalue weighted by atomic mass is 79.9. The van der Waals surface area contributed by atoms with Crippen LogP contribution in [0.25, 0.3) is 5.65 Å². The number of primary amides is 1. The van der Waals surface area contributed by atoms with Gasteiger partial charge in [-0.2, -0.15) is 5.10 Å². The molecule has 214 valence electrons. The number of nitrogens with zero attached hydrogens (tertiary/aromatic N) is 4. The third-order valence-corrected chi connectivity index (χ3v) is 9.19. The van der Waals surface area contributed by atoms with Crippen molar-refractivity contribution in [2.45, 2.75) is 84.3 Å². The van der Waals surface area contributed by atoms with Crippen molar-refractivity contribution in [3.63, 3.8) is 0 Å². The number of nitrogens with one attached hydrogen (secondary N) is 1. The molecule has 0 aromatic carbocycles. The molecule has 0 spiro atoms. The van der Waals surface area contributed by atoms with Crippen LogP contribution in [-0.4, -0.2) is 36.8 Å². The Morgan fingerprint density at radius 1 is 1.18 bits per heavy atom. The van der Waals surface area contributed by atoms with Crippen LogP contribution in [0.15, 0.2) is 47.1 Å². The highest BCUT2D eigenvalue weighted by molar-refractivity contribution is 9.10. The number of halogens is 1. The lowest BCUT2D eigenvalue weighted by atomic mass is 9.62.